The number of carbonyl (C=O) groups excluding carboxylic acids is 1. The molecular formula is C17H13FN2O3S2. The van der Waals surface area contributed by atoms with Crippen molar-refractivity contribution in [2.45, 2.75) is 4.90 Å². The summed E-state index contributed by atoms with van der Waals surface area (Å²) in [5.41, 5.74) is 0.965. The number of sulfone groups is 1. The van der Waals surface area contributed by atoms with Gasteiger partial charge in [0.15, 0.2) is 15.0 Å². The average Bonchev–Trinajstić information content (AvgIpc) is 3.03. The summed E-state index contributed by atoms with van der Waals surface area (Å²) in [6.07, 6.45) is 1.07. The van der Waals surface area contributed by atoms with E-state index in [1.807, 2.05) is 0 Å². The second-order valence-corrected chi connectivity index (χ2v) is 8.15. The fraction of sp³-hybridized carbons (Fsp3) is 0.0588. The van der Waals surface area contributed by atoms with E-state index in [9.17, 15) is 17.6 Å². The second-order valence-electron chi connectivity index (χ2n) is 5.27. The Labute approximate surface area is 148 Å². The number of nitrogens with zero attached hydrogens (tertiary/aromatic N) is 1. The Hall–Kier alpha value is -2.58. The highest BCUT2D eigenvalue weighted by Crippen LogP contribution is 2.27. The summed E-state index contributed by atoms with van der Waals surface area (Å²) < 4.78 is 36.9. The summed E-state index contributed by atoms with van der Waals surface area (Å²) in [5.74, 6) is -0.883. The van der Waals surface area contributed by atoms with Gasteiger partial charge in [0.1, 0.15) is 5.82 Å². The quantitative estimate of drug-likeness (QED) is 0.755. The second kappa shape index (κ2) is 6.73. The van der Waals surface area contributed by atoms with Crippen LogP contribution in [0, 0.1) is 5.82 Å². The van der Waals surface area contributed by atoms with Crippen molar-refractivity contribution < 1.29 is 17.6 Å². The van der Waals surface area contributed by atoms with Crippen molar-refractivity contribution in [2.24, 2.45) is 0 Å². The van der Waals surface area contributed by atoms with Crippen molar-refractivity contribution in [1.29, 1.82) is 0 Å². The third-order valence-electron chi connectivity index (χ3n) is 3.40. The van der Waals surface area contributed by atoms with Crippen LogP contribution in [0.5, 0.6) is 0 Å². The van der Waals surface area contributed by atoms with Crippen LogP contribution in [0.3, 0.4) is 0 Å². The maximum absolute atomic E-state index is 13.8. The van der Waals surface area contributed by atoms with E-state index in [4.69, 9.17) is 0 Å². The fourth-order valence-electron chi connectivity index (χ4n) is 2.16. The van der Waals surface area contributed by atoms with E-state index in [1.165, 1.54) is 30.3 Å². The molecule has 0 atom stereocenters. The molecule has 0 fully saturated rings. The fourth-order valence-corrected chi connectivity index (χ4v) is 3.53. The SMILES string of the molecule is CS(=O)(=O)c1cccc(C(=O)Nc2nc(-c3ccccc3F)cs2)c1. The van der Waals surface area contributed by atoms with Gasteiger partial charge in [-0.2, -0.15) is 0 Å². The van der Waals surface area contributed by atoms with Gasteiger partial charge in [0.05, 0.1) is 10.6 Å². The molecule has 1 amide bonds. The third-order valence-corrected chi connectivity index (χ3v) is 5.27. The molecule has 0 spiro atoms. The van der Waals surface area contributed by atoms with E-state index >= 15 is 0 Å². The molecule has 3 rings (SSSR count). The van der Waals surface area contributed by atoms with E-state index in [-0.39, 0.29) is 10.5 Å². The van der Waals surface area contributed by atoms with Crippen LogP contribution in [-0.2, 0) is 9.84 Å². The average molecular weight is 376 g/mol. The minimum atomic E-state index is -3.40. The summed E-state index contributed by atoms with van der Waals surface area (Å²) in [7, 11) is -3.40. The molecule has 3 aromatic rings. The molecule has 0 aliphatic rings. The Balaban J connectivity index is 1.82. The number of rotatable bonds is 4. The molecule has 0 saturated heterocycles. The number of hydrogen-bond donors (Lipinski definition) is 1. The molecule has 2 aromatic carbocycles. The van der Waals surface area contributed by atoms with Crippen molar-refractivity contribution in [2.75, 3.05) is 11.6 Å². The van der Waals surface area contributed by atoms with Crippen LogP contribution >= 0.6 is 11.3 Å². The summed E-state index contributed by atoms with van der Waals surface area (Å²) in [6, 6.07) is 12.0. The lowest BCUT2D eigenvalue weighted by atomic mass is 10.2. The number of carbonyl (C=O) groups is 1. The van der Waals surface area contributed by atoms with Crippen molar-refractivity contribution in [3.8, 4) is 11.3 Å². The molecular weight excluding hydrogens is 363 g/mol. The highest BCUT2D eigenvalue weighted by atomic mass is 32.2. The van der Waals surface area contributed by atoms with Crippen LogP contribution in [-0.4, -0.2) is 25.6 Å². The first kappa shape index (κ1) is 17.2. The predicted octanol–water partition coefficient (Wildman–Crippen LogP) is 3.61. The van der Waals surface area contributed by atoms with Gasteiger partial charge in [0, 0.05) is 22.8 Å². The molecule has 0 unspecified atom stereocenters. The van der Waals surface area contributed by atoms with Gasteiger partial charge >= 0.3 is 0 Å². The van der Waals surface area contributed by atoms with Crippen LogP contribution in [0.1, 0.15) is 10.4 Å². The van der Waals surface area contributed by atoms with Gasteiger partial charge in [-0.25, -0.2) is 17.8 Å². The van der Waals surface area contributed by atoms with Gasteiger partial charge in [-0.3, -0.25) is 10.1 Å². The Morgan fingerprint density at radius 2 is 1.92 bits per heavy atom. The number of amides is 1. The molecule has 5 nitrogen and oxygen atoms in total. The molecule has 1 heterocycles. The van der Waals surface area contributed by atoms with Gasteiger partial charge in [-0.1, -0.05) is 18.2 Å². The number of anilines is 1. The number of thiazole rings is 1. The largest absolute Gasteiger partial charge is 0.298 e. The summed E-state index contributed by atoms with van der Waals surface area (Å²) in [5, 5.41) is 4.54. The summed E-state index contributed by atoms with van der Waals surface area (Å²) in [6.45, 7) is 0. The highest BCUT2D eigenvalue weighted by molar-refractivity contribution is 7.90. The molecule has 0 aliphatic heterocycles. The summed E-state index contributed by atoms with van der Waals surface area (Å²) >= 11 is 1.16. The number of aromatic nitrogens is 1. The van der Waals surface area contributed by atoms with Gasteiger partial charge in [-0.05, 0) is 30.3 Å². The Kier molecular flexibility index (Phi) is 4.65. The molecule has 0 bridgehead atoms. The normalized spacial score (nSPS) is 11.3. The van der Waals surface area contributed by atoms with Gasteiger partial charge < -0.3 is 0 Å². The standard InChI is InChI=1S/C17H13FN2O3S2/c1-25(22,23)12-6-4-5-11(9-12)16(21)20-17-19-15(10-24-17)13-7-2-3-8-14(13)18/h2-10H,1H3,(H,19,20,21). The molecule has 0 aliphatic carbocycles. The van der Waals surface area contributed by atoms with Gasteiger partial charge in [0.25, 0.3) is 5.91 Å². The number of halogens is 1. The molecule has 25 heavy (non-hydrogen) atoms. The van der Waals surface area contributed by atoms with Crippen molar-refractivity contribution in [3.63, 3.8) is 0 Å². The van der Waals surface area contributed by atoms with E-state index in [1.54, 1.807) is 23.6 Å². The first-order chi connectivity index (χ1) is 11.8. The van der Waals surface area contributed by atoms with Crippen LogP contribution in [0.4, 0.5) is 9.52 Å². The minimum Gasteiger partial charge on any atom is -0.298 e. The van der Waals surface area contributed by atoms with Crippen LogP contribution in [0.15, 0.2) is 58.8 Å². The number of nitrogens with one attached hydrogen (secondary N) is 1. The van der Waals surface area contributed by atoms with E-state index < -0.39 is 21.6 Å². The first-order valence-corrected chi connectivity index (χ1v) is 9.93. The predicted molar refractivity (Wildman–Crippen MR) is 95.0 cm³/mol. The maximum atomic E-state index is 13.8. The van der Waals surface area contributed by atoms with Crippen LogP contribution in [0.25, 0.3) is 11.3 Å². The minimum absolute atomic E-state index is 0.0614. The number of hydrogen-bond acceptors (Lipinski definition) is 5. The Bertz CT molecular complexity index is 1050. The zero-order valence-corrected chi connectivity index (χ0v) is 14.7. The lowest BCUT2D eigenvalue weighted by Gasteiger charge is -2.04. The molecule has 0 radical (unpaired) electrons. The molecule has 8 heteroatoms. The zero-order valence-electron chi connectivity index (χ0n) is 13.1. The van der Waals surface area contributed by atoms with Crippen LogP contribution < -0.4 is 5.32 Å². The van der Waals surface area contributed by atoms with E-state index in [2.05, 4.69) is 10.3 Å². The number of benzene rings is 2. The van der Waals surface area contributed by atoms with Gasteiger partial charge in [-0.15, -0.1) is 11.3 Å². The maximum Gasteiger partial charge on any atom is 0.257 e. The molecule has 1 N–H and O–H groups in total. The van der Waals surface area contributed by atoms with E-state index in [0.717, 1.165) is 17.6 Å². The topological polar surface area (TPSA) is 76.1 Å². The monoisotopic (exact) mass is 376 g/mol. The smallest absolute Gasteiger partial charge is 0.257 e. The van der Waals surface area contributed by atoms with Crippen LogP contribution in [0.2, 0.25) is 0 Å². The van der Waals surface area contributed by atoms with E-state index in [0.29, 0.717) is 16.4 Å². The first-order valence-electron chi connectivity index (χ1n) is 7.16. The lowest BCUT2D eigenvalue weighted by molar-refractivity contribution is 0.102. The van der Waals surface area contributed by atoms with Crippen molar-refractivity contribution in [3.05, 3.63) is 65.3 Å². The molecule has 0 saturated carbocycles. The van der Waals surface area contributed by atoms with Crippen molar-refractivity contribution in [1.82, 2.24) is 4.98 Å². The summed E-state index contributed by atoms with van der Waals surface area (Å²) in [4.78, 5) is 16.6. The zero-order chi connectivity index (χ0) is 18.0. The Morgan fingerprint density at radius 1 is 1.16 bits per heavy atom. The molecule has 1 aromatic heterocycles. The third kappa shape index (κ3) is 3.92. The molecule has 128 valence electrons. The van der Waals surface area contributed by atoms with Crippen molar-refractivity contribution >= 4 is 32.2 Å². The van der Waals surface area contributed by atoms with Gasteiger partial charge in [0.2, 0.25) is 0 Å². The highest BCUT2D eigenvalue weighted by Gasteiger charge is 2.14. The lowest BCUT2D eigenvalue weighted by Crippen LogP contribution is -2.12. The Morgan fingerprint density at radius 3 is 2.64 bits per heavy atom.